The Bertz CT molecular complexity index is 414. The van der Waals surface area contributed by atoms with E-state index in [0.29, 0.717) is 12.0 Å². The standard InChI is InChI=1S/C16H24ClNO2.C2H6/c1-19-12-14-11-18(9-7-16(14)20-2)8-6-13-4-3-5-15(17)10-13;1-2/h3-5,10,14,16H,6-9,11-12H2,1-2H3;1-2H3. The van der Waals surface area contributed by atoms with E-state index >= 15 is 0 Å². The van der Waals surface area contributed by atoms with Gasteiger partial charge in [-0.3, -0.25) is 0 Å². The zero-order chi connectivity index (χ0) is 16.4. The molecular formula is C18H30ClNO2. The summed E-state index contributed by atoms with van der Waals surface area (Å²) in [6.45, 7) is 7.98. The first-order valence-electron chi connectivity index (χ1n) is 8.21. The van der Waals surface area contributed by atoms with Crippen LogP contribution < -0.4 is 0 Å². The van der Waals surface area contributed by atoms with Crippen LogP contribution in [0.3, 0.4) is 0 Å². The van der Waals surface area contributed by atoms with Gasteiger partial charge in [0.05, 0.1) is 12.7 Å². The molecule has 4 heteroatoms. The molecule has 0 spiro atoms. The van der Waals surface area contributed by atoms with Crippen molar-refractivity contribution in [3.63, 3.8) is 0 Å². The fourth-order valence-corrected chi connectivity index (χ4v) is 3.17. The first-order chi connectivity index (χ1) is 10.7. The molecule has 0 aliphatic carbocycles. The first kappa shape index (κ1) is 19.4. The van der Waals surface area contributed by atoms with Crippen molar-refractivity contribution in [1.29, 1.82) is 0 Å². The number of ether oxygens (including phenoxy) is 2. The van der Waals surface area contributed by atoms with Crippen LogP contribution >= 0.6 is 11.6 Å². The van der Waals surface area contributed by atoms with E-state index in [2.05, 4.69) is 17.0 Å². The lowest BCUT2D eigenvalue weighted by Crippen LogP contribution is -2.46. The molecule has 0 saturated carbocycles. The van der Waals surface area contributed by atoms with Gasteiger partial charge in [-0.1, -0.05) is 37.6 Å². The molecule has 1 fully saturated rings. The van der Waals surface area contributed by atoms with Gasteiger partial charge in [-0.05, 0) is 30.5 Å². The highest BCUT2D eigenvalue weighted by atomic mass is 35.5. The van der Waals surface area contributed by atoms with Crippen LogP contribution in [0, 0.1) is 5.92 Å². The van der Waals surface area contributed by atoms with Crippen molar-refractivity contribution in [3.05, 3.63) is 34.9 Å². The molecule has 1 heterocycles. The quantitative estimate of drug-likeness (QED) is 0.791. The lowest BCUT2D eigenvalue weighted by atomic mass is 9.95. The molecule has 0 aromatic heterocycles. The smallest absolute Gasteiger partial charge is 0.0646 e. The third-order valence-electron chi connectivity index (χ3n) is 4.04. The molecule has 2 unspecified atom stereocenters. The average Bonchev–Trinajstić information content (AvgIpc) is 2.55. The summed E-state index contributed by atoms with van der Waals surface area (Å²) in [6, 6.07) is 8.13. The minimum atomic E-state index is 0.331. The fraction of sp³-hybridized carbons (Fsp3) is 0.667. The van der Waals surface area contributed by atoms with Crippen LogP contribution in [0.1, 0.15) is 25.8 Å². The van der Waals surface area contributed by atoms with E-state index in [1.165, 1.54) is 5.56 Å². The Morgan fingerprint density at radius 1 is 1.27 bits per heavy atom. The van der Waals surface area contributed by atoms with Crippen LogP contribution in [-0.2, 0) is 15.9 Å². The molecule has 1 saturated heterocycles. The van der Waals surface area contributed by atoms with Gasteiger partial charge in [-0.2, -0.15) is 0 Å². The number of methoxy groups -OCH3 is 2. The Kier molecular flexibility index (Phi) is 9.73. The number of hydrogen-bond donors (Lipinski definition) is 0. The van der Waals surface area contributed by atoms with Gasteiger partial charge in [0.25, 0.3) is 0 Å². The number of rotatable bonds is 6. The average molecular weight is 328 g/mol. The molecule has 1 aliphatic rings. The summed E-state index contributed by atoms with van der Waals surface area (Å²) >= 11 is 6.02. The zero-order valence-electron chi connectivity index (χ0n) is 14.3. The number of hydrogen-bond acceptors (Lipinski definition) is 3. The van der Waals surface area contributed by atoms with Gasteiger partial charge >= 0.3 is 0 Å². The van der Waals surface area contributed by atoms with Gasteiger partial charge in [0.2, 0.25) is 0 Å². The van der Waals surface area contributed by atoms with Gasteiger partial charge in [0.1, 0.15) is 0 Å². The maximum Gasteiger partial charge on any atom is 0.0646 e. The van der Waals surface area contributed by atoms with Crippen LogP contribution in [0.25, 0.3) is 0 Å². The normalized spacial score (nSPS) is 22.0. The van der Waals surface area contributed by atoms with Crippen LogP contribution in [-0.4, -0.2) is 51.5 Å². The molecule has 2 atom stereocenters. The van der Waals surface area contributed by atoms with Crippen LogP contribution in [0.15, 0.2) is 24.3 Å². The Labute approximate surface area is 140 Å². The molecule has 1 aromatic carbocycles. The molecule has 0 radical (unpaired) electrons. The lowest BCUT2D eigenvalue weighted by molar-refractivity contribution is -0.0343. The predicted molar refractivity (Wildman–Crippen MR) is 93.7 cm³/mol. The molecule has 1 aromatic rings. The van der Waals surface area contributed by atoms with Crippen molar-refractivity contribution in [2.45, 2.75) is 32.8 Å². The summed E-state index contributed by atoms with van der Waals surface area (Å²) in [5.74, 6) is 0.470. The van der Waals surface area contributed by atoms with E-state index < -0.39 is 0 Å². The highest BCUT2D eigenvalue weighted by Gasteiger charge is 2.28. The van der Waals surface area contributed by atoms with Gasteiger partial charge in [-0.25, -0.2) is 0 Å². The maximum absolute atomic E-state index is 6.02. The number of benzene rings is 1. The molecule has 0 N–H and O–H groups in total. The molecule has 22 heavy (non-hydrogen) atoms. The minimum Gasteiger partial charge on any atom is -0.384 e. The van der Waals surface area contributed by atoms with Crippen molar-refractivity contribution in [1.82, 2.24) is 4.90 Å². The van der Waals surface area contributed by atoms with Crippen molar-refractivity contribution in [3.8, 4) is 0 Å². The Morgan fingerprint density at radius 2 is 2.05 bits per heavy atom. The van der Waals surface area contributed by atoms with Crippen LogP contribution in [0.2, 0.25) is 5.02 Å². The SMILES string of the molecule is CC.COCC1CN(CCc2cccc(Cl)c2)CCC1OC. The van der Waals surface area contributed by atoms with Gasteiger partial charge in [0, 0.05) is 44.8 Å². The van der Waals surface area contributed by atoms with E-state index in [9.17, 15) is 0 Å². The van der Waals surface area contributed by atoms with E-state index in [4.69, 9.17) is 21.1 Å². The summed E-state index contributed by atoms with van der Waals surface area (Å²) in [5.41, 5.74) is 1.30. The molecule has 126 valence electrons. The van der Waals surface area contributed by atoms with E-state index in [0.717, 1.165) is 44.1 Å². The van der Waals surface area contributed by atoms with Gasteiger partial charge < -0.3 is 14.4 Å². The van der Waals surface area contributed by atoms with E-state index in [1.807, 2.05) is 26.0 Å². The molecule has 2 rings (SSSR count). The van der Waals surface area contributed by atoms with E-state index in [-0.39, 0.29) is 0 Å². The minimum absolute atomic E-state index is 0.331. The van der Waals surface area contributed by atoms with Crippen molar-refractivity contribution < 1.29 is 9.47 Å². The van der Waals surface area contributed by atoms with Crippen LogP contribution in [0.5, 0.6) is 0 Å². The highest BCUT2D eigenvalue weighted by Crippen LogP contribution is 2.20. The molecular weight excluding hydrogens is 298 g/mol. The summed E-state index contributed by atoms with van der Waals surface area (Å²) in [7, 11) is 3.56. The number of likely N-dealkylation sites (tertiary alicyclic amines) is 1. The zero-order valence-corrected chi connectivity index (χ0v) is 15.1. The Morgan fingerprint density at radius 3 is 2.68 bits per heavy atom. The first-order valence-corrected chi connectivity index (χ1v) is 8.59. The fourth-order valence-electron chi connectivity index (χ4n) is 2.95. The van der Waals surface area contributed by atoms with Gasteiger partial charge in [0.15, 0.2) is 0 Å². The molecule has 0 bridgehead atoms. The summed E-state index contributed by atoms with van der Waals surface area (Å²) in [6.07, 6.45) is 2.45. The largest absolute Gasteiger partial charge is 0.384 e. The van der Waals surface area contributed by atoms with Crippen molar-refractivity contribution in [2.24, 2.45) is 5.92 Å². The van der Waals surface area contributed by atoms with Crippen LogP contribution in [0.4, 0.5) is 0 Å². The Balaban J connectivity index is 0.00000116. The van der Waals surface area contributed by atoms with Crippen molar-refractivity contribution in [2.75, 3.05) is 40.5 Å². The molecule has 3 nitrogen and oxygen atoms in total. The summed E-state index contributed by atoms with van der Waals surface area (Å²) in [4.78, 5) is 2.50. The maximum atomic E-state index is 6.02. The summed E-state index contributed by atoms with van der Waals surface area (Å²) in [5, 5.41) is 0.817. The third-order valence-corrected chi connectivity index (χ3v) is 4.27. The molecule has 1 aliphatic heterocycles. The second kappa shape index (κ2) is 11.0. The topological polar surface area (TPSA) is 21.7 Å². The van der Waals surface area contributed by atoms with Gasteiger partial charge in [-0.15, -0.1) is 0 Å². The molecule has 0 amide bonds. The third kappa shape index (κ3) is 6.25. The highest BCUT2D eigenvalue weighted by molar-refractivity contribution is 6.30. The monoisotopic (exact) mass is 327 g/mol. The van der Waals surface area contributed by atoms with Crippen molar-refractivity contribution >= 4 is 11.6 Å². The second-order valence-electron chi connectivity index (χ2n) is 5.46. The number of piperidine rings is 1. The lowest BCUT2D eigenvalue weighted by Gasteiger charge is -2.37. The number of halogens is 1. The Hall–Kier alpha value is -0.610. The second-order valence-corrected chi connectivity index (χ2v) is 5.90. The van der Waals surface area contributed by atoms with E-state index in [1.54, 1.807) is 14.2 Å². The predicted octanol–water partition coefficient (Wildman–Crippen LogP) is 3.89. The number of nitrogens with zero attached hydrogens (tertiary/aromatic N) is 1. The summed E-state index contributed by atoms with van der Waals surface area (Å²) < 4.78 is 10.9.